The Bertz CT molecular complexity index is 445. The number of nitrogens with zero attached hydrogens (tertiary/aromatic N) is 1. The van der Waals surface area contributed by atoms with Gasteiger partial charge in [-0.25, -0.2) is 8.42 Å². The third-order valence-electron chi connectivity index (χ3n) is 1.82. The van der Waals surface area contributed by atoms with E-state index in [0.29, 0.717) is 10.2 Å². The van der Waals surface area contributed by atoms with Crippen molar-refractivity contribution in [3.8, 4) is 0 Å². The minimum atomic E-state index is -3.27. The van der Waals surface area contributed by atoms with E-state index in [1.54, 1.807) is 19.1 Å². The van der Waals surface area contributed by atoms with Crippen LogP contribution in [0.2, 0.25) is 0 Å². The molecular weight excluding hydrogens is 282 g/mol. The Balaban J connectivity index is 2.94. The molecule has 1 heterocycles. The molecule has 4 nitrogen and oxygen atoms in total. The van der Waals surface area contributed by atoms with Crippen LogP contribution in [0.15, 0.2) is 16.6 Å². The summed E-state index contributed by atoms with van der Waals surface area (Å²) in [5.74, 6) is -0.370. The Labute approximate surface area is 97.4 Å². The summed E-state index contributed by atoms with van der Waals surface area (Å²) in [6.07, 6.45) is 0. The van der Waals surface area contributed by atoms with Crippen LogP contribution < -0.4 is 0 Å². The maximum Gasteiger partial charge on any atom is 0.158 e. The molecule has 0 saturated carbocycles. The van der Waals surface area contributed by atoms with Gasteiger partial charge in [0.25, 0.3) is 0 Å². The van der Waals surface area contributed by atoms with Gasteiger partial charge in [0.2, 0.25) is 0 Å². The predicted molar refractivity (Wildman–Crippen MR) is 61.3 cm³/mol. The highest BCUT2D eigenvalue weighted by molar-refractivity contribution is 9.10. The van der Waals surface area contributed by atoms with E-state index in [2.05, 4.69) is 20.9 Å². The molecule has 0 unspecified atom stereocenters. The van der Waals surface area contributed by atoms with Crippen molar-refractivity contribution in [2.24, 2.45) is 0 Å². The van der Waals surface area contributed by atoms with Crippen LogP contribution in [0.5, 0.6) is 0 Å². The van der Waals surface area contributed by atoms with Crippen LogP contribution in [-0.2, 0) is 15.6 Å². The molecule has 0 saturated heterocycles. The number of hydrogen-bond acceptors (Lipinski definition) is 4. The van der Waals surface area contributed by atoms with Gasteiger partial charge in [-0.3, -0.25) is 4.98 Å². The van der Waals surface area contributed by atoms with Crippen LogP contribution in [-0.4, -0.2) is 30.9 Å². The molecule has 0 atom stereocenters. The van der Waals surface area contributed by atoms with E-state index in [1.165, 1.54) is 0 Å². The maximum atomic E-state index is 11.4. The number of aliphatic hydroxyl groups is 1. The van der Waals surface area contributed by atoms with Crippen molar-refractivity contribution < 1.29 is 13.5 Å². The van der Waals surface area contributed by atoms with E-state index >= 15 is 0 Å². The highest BCUT2D eigenvalue weighted by Crippen LogP contribution is 2.17. The fourth-order valence-electron chi connectivity index (χ4n) is 1.11. The molecule has 0 aromatic carbocycles. The molecular formula is C9H12BrNO3S. The van der Waals surface area contributed by atoms with E-state index in [0.717, 1.165) is 5.69 Å². The van der Waals surface area contributed by atoms with Crippen LogP contribution in [0.4, 0.5) is 0 Å². The van der Waals surface area contributed by atoms with Gasteiger partial charge in [0.05, 0.1) is 23.8 Å². The second kappa shape index (κ2) is 5.05. The predicted octanol–water partition coefficient (Wildman–Crippen LogP) is 1.06. The second-order valence-corrected chi connectivity index (χ2v) is 6.24. The molecule has 0 aliphatic heterocycles. The van der Waals surface area contributed by atoms with Crippen molar-refractivity contribution in [1.29, 1.82) is 0 Å². The molecule has 0 bridgehead atoms. The Morgan fingerprint density at radius 2 is 2.13 bits per heavy atom. The highest BCUT2D eigenvalue weighted by Gasteiger charge is 2.14. The van der Waals surface area contributed by atoms with Crippen LogP contribution in [0.1, 0.15) is 11.4 Å². The number of hydrogen-bond donors (Lipinski definition) is 1. The number of pyridine rings is 1. The Morgan fingerprint density at radius 1 is 1.47 bits per heavy atom. The lowest BCUT2D eigenvalue weighted by atomic mass is 10.3. The molecule has 0 aliphatic carbocycles. The van der Waals surface area contributed by atoms with Gasteiger partial charge < -0.3 is 5.11 Å². The minimum Gasteiger partial charge on any atom is -0.395 e. The molecule has 84 valence electrons. The third-order valence-corrected chi connectivity index (χ3v) is 4.06. The second-order valence-electron chi connectivity index (χ2n) is 3.20. The van der Waals surface area contributed by atoms with Crippen LogP contribution in [0.25, 0.3) is 0 Å². The molecule has 1 aromatic heterocycles. The van der Waals surface area contributed by atoms with E-state index in [1.807, 2.05) is 0 Å². The van der Waals surface area contributed by atoms with E-state index < -0.39 is 9.84 Å². The molecule has 0 amide bonds. The average molecular weight is 294 g/mol. The fourth-order valence-corrected chi connectivity index (χ4v) is 2.72. The molecule has 1 aromatic rings. The van der Waals surface area contributed by atoms with Crippen molar-refractivity contribution in [3.63, 3.8) is 0 Å². The van der Waals surface area contributed by atoms with E-state index in [9.17, 15) is 8.42 Å². The quantitative estimate of drug-likeness (QED) is 0.901. The molecule has 1 rings (SSSR count). The van der Waals surface area contributed by atoms with Gasteiger partial charge in [-0.15, -0.1) is 0 Å². The number of aryl methyl sites for hydroxylation is 1. The third kappa shape index (κ3) is 3.89. The number of halogens is 1. The van der Waals surface area contributed by atoms with Crippen molar-refractivity contribution >= 4 is 25.8 Å². The number of rotatable bonds is 4. The zero-order valence-corrected chi connectivity index (χ0v) is 10.7. The lowest BCUT2D eigenvalue weighted by Crippen LogP contribution is -2.13. The zero-order chi connectivity index (χ0) is 11.5. The first kappa shape index (κ1) is 12.6. The summed E-state index contributed by atoms with van der Waals surface area (Å²) in [6.45, 7) is 1.44. The lowest BCUT2D eigenvalue weighted by Gasteiger charge is -2.05. The summed E-state index contributed by atoms with van der Waals surface area (Å²) in [6, 6.07) is 3.57. The maximum absolute atomic E-state index is 11.4. The van der Waals surface area contributed by atoms with Gasteiger partial charge in [-0.1, -0.05) is 0 Å². The van der Waals surface area contributed by atoms with Gasteiger partial charge in [0, 0.05) is 10.2 Å². The monoisotopic (exact) mass is 293 g/mol. The van der Waals surface area contributed by atoms with Crippen LogP contribution in [0, 0.1) is 6.92 Å². The Kier molecular flexibility index (Phi) is 4.24. The topological polar surface area (TPSA) is 67.3 Å². The van der Waals surface area contributed by atoms with Gasteiger partial charge >= 0.3 is 0 Å². The lowest BCUT2D eigenvalue weighted by molar-refractivity contribution is 0.319. The van der Waals surface area contributed by atoms with Gasteiger partial charge in [-0.05, 0) is 35.0 Å². The first-order chi connectivity index (χ1) is 6.94. The molecule has 0 aliphatic rings. The summed E-state index contributed by atoms with van der Waals surface area (Å²) in [7, 11) is -3.27. The summed E-state index contributed by atoms with van der Waals surface area (Å²) >= 11 is 3.24. The van der Waals surface area contributed by atoms with Gasteiger partial charge in [0.1, 0.15) is 0 Å². The largest absolute Gasteiger partial charge is 0.395 e. The minimum absolute atomic E-state index is 0.143. The number of sulfone groups is 1. The molecule has 0 fully saturated rings. The molecule has 15 heavy (non-hydrogen) atoms. The number of aliphatic hydroxyl groups excluding tert-OH is 1. The molecule has 0 spiro atoms. The Morgan fingerprint density at radius 3 is 2.73 bits per heavy atom. The standard InChI is InChI=1S/C9H12BrNO3S/c1-7-2-3-8(10)9(11-7)6-15(13,14)5-4-12/h2-3,12H,4-6H2,1H3. The Hall–Kier alpha value is -0.460. The number of aromatic nitrogens is 1. The summed E-state index contributed by atoms with van der Waals surface area (Å²) in [5.41, 5.74) is 1.26. The van der Waals surface area contributed by atoms with E-state index in [-0.39, 0.29) is 18.1 Å². The van der Waals surface area contributed by atoms with E-state index in [4.69, 9.17) is 5.11 Å². The summed E-state index contributed by atoms with van der Waals surface area (Å²) in [4.78, 5) is 4.13. The fraction of sp³-hybridized carbons (Fsp3) is 0.444. The summed E-state index contributed by atoms with van der Waals surface area (Å²) < 4.78 is 23.6. The zero-order valence-electron chi connectivity index (χ0n) is 8.27. The van der Waals surface area contributed by atoms with Crippen molar-refractivity contribution in [3.05, 3.63) is 28.0 Å². The van der Waals surface area contributed by atoms with Gasteiger partial charge in [0.15, 0.2) is 9.84 Å². The van der Waals surface area contributed by atoms with Crippen LogP contribution in [0.3, 0.4) is 0 Å². The average Bonchev–Trinajstić information content (AvgIpc) is 2.10. The first-order valence-corrected chi connectivity index (χ1v) is 6.99. The molecule has 1 N–H and O–H groups in total. The van der Waals surface area contributed by atoms with Crippen molar-refractivity contribution in [2.45, 2.75) is 12.7 Å². The van der Waals surface area contributed by atoms with Gasteiger partial charge in [-0.2, -0.15) is 0 Å². The summed E-state index contributed by atoms with van der Waals surface area (Å²) in [5, 5.41) is 8.59. The smallest absolute Gasteiger partial charge is 0.158 e. The molecule has 0 radical (unpaired) electrons. The SMILES string of the molecule is Cc1ccc(Br)c(CS(=O)(=O)CCO)n1. The normalized spacial score (nSPS) is 11.7. The van der Waals surface area contributed by atoms with Crippen LogP contribution >= 0.6 is 15.9 Å². The van der Waals surface area contributed by atoms with Crippen molar-refractivity contribution in [2.75, 3.05) is 12.4 Å². The molecule has 6 heteroatoms. The first-order valence-electron chi connectivity index (χ1n) is 4.38. The highest BCUT2D eigenvalue weighted by atomic mass is 79.9. The van der Waals surface area contributed by atoms with Crippen molar-refractivity contribution in [1.82, 2.24) is 4.98 Å².